The largest absolute Gasteiger partial charge is 0.508 e. The van der Waals surface area contributed by atoms with Crippen LogP contribution in [-0.2, 0) is 17.9 Å². The molecule has 43 heavy (non-hydrogen) atoms. The average molecular weight is 585 g/mol. The molecule has 0 unspecified atom stereocenters. The zero-order valence-electron chi connectivity index (χ0n) is 25.0. The van der Waals surface area contributed by atoms with E-state index in [0.29, 0.717) is 23.2 Å². The summed E-state index contributed by atoms with van der Waals surface area (Å²) in [6.45, 7) is 11.5. The molecular weight excluding hydrogens is 544 g/mol. The predicted molar refractivity (Wildman–Crippen MR) is 166 cm³/mol. The van der Waals surface area contributed by atoms with Crippen molar-refractivity contribution in [3.63, 3.8) is 0 Å². The number of carbonyl (C=O) groups is 1. The number of aromatic amines is 1. The number of carbonyl (C=O) groups excluding carboxylic acids is 1. The van der Waals surface area contributed by atoms with Crippen molar-refractivity contribution in [2.75, 3.05) is 26.2 Å². The summed E-state index contributed by atoms with van der Waals surface area (Å²) in [4.78, 5) is 28.8. The maximum Gasteiger partial charge on any atom is 0.348 e. The monoisotopic (exact) mass is 584 g/mol. The van der Waals surface area contributed by atoms with Crippen LogP contribution in [0.1, 0.15) is 61.3 Å². The lowest BCUT2D eigenvalue weighted by molar-refractivity contribution is -0.118. The van der Waals surface area contributed by atoms with Gasteiger partial charge >= 0.3 is 5.69 Å². The minimum atomic E-state index is -0.410. The van der Waals surface area contributed by atoms with Crippen molar-refractivity contribution in [2.45, 2.75) is 52.1 Å². The third kappa shape index (κ3) is 6.98. The fourth-order valence-electron chi connectivity index (χ4n) is 5.70. The molecule has 10 nitrogen and oxygen atoms in total. The number of piperazine rings is 1. The number of phenols is 2. The second-order valence-electron chi connectivity index (χ2n) is 11.8. The number of nitrogens with zero attached hydrogens (tertiary/aromatic N) is 4. The summed E-state index contributed by atoms with van der Waals surface area (Å²) in [6.07, 6.45) is 0.358. The summed E-state index contributed by atoms with van der Waals surface area (Å²) >= 11 is 0. The number of hydrogen-bond donors (Lipinski definition) is 4. The molecule has 1 fully saturated rings. The van der Waals surface area contributed by atoms with Gasteiger partial charge in [-0.25, -0.2) is 14.5 Å². The van der Waals surface area contributed by atoms with Crippen molar-refractivity contribution in [3.05, 3.63) is 93.4 Å². The molecule has 3 aromatic carbocycles. The van der Waals surface area contributed by atoms with Gasteiger partial charge < -0.3 is 15.9 Å². The van der Waals surface area contributed by atoms with Crippen LogP contribution in [0.2, 0.25) is 0 Å². The molecule has 1 aromatic heterocycles. The van der Waals surface area contributed by atoms with Gasteiger partial charge in [0, 0.05) is 51.8 Å². The van der Waals surface area contributed by atoms with Crippen LogP contribution in [0.3, 0.4) is 0 Å². The molecule has 10 heteroatoms. The molecule has 1 atom stereocenters. The van der Waals surface area contributed by atoms with Gasteiger partial charge in [0.15, 0.2) is 5.82 Å². The van der Waals surface area contributed by atoms with Gasteiger partial charge in [-0.05, 0) is 52.3 Å². The highest BCUT2D eigenvalue weighted by molar-refractivity contribution is 5.74. The smallest absolute Gasteiger partial charge is 0.348 e. The first-order valence-corrected chi connectivity index (χ1v) is 14.7. The van der Waals surface area contributed by atoms with Crippen molar-refractivity contribution in [1.29, 1.82) is 0 Å². The van der Waals surface area contributed by atoms with Crippen LogP contribution in [0.25, 0.3) is 17.1 Å². The van der Waals surface area contributed by atoms with E-state index in [-0.39, 0.29) is 35.1 Å². The van der Waals surface area contributed by atoms with Crippen molar-refractivity contribution < 1.29 is 15.0 Å². The Morgan fingerprint density at radius 1 is 0.884 bits per heavy atom. The lowest BCUT2D eigenvalue weighted by Gasteiger charge is -2.34. The van der Waals surface area contributed by atoms with E-state index in [1.165, 1.54) is 16.2 Å². The maximum atomic E-state index is 12.7. The summed E-state index contributed by atoms with van der Waals surface area (Å²) in [6, 6.07) is 19.3. The van der Waals surface area contributed by atoms with Crippen LogP contribution < -0.4 is 11.4 Å². The molecule has 0 spiro atoms. The fourth-order valence-corrected chi connectivity index (χ4v) is 5.70. The quantitative estimate of drug-likeness (QED) is 0.220. The van der Waals surface area contributed by atoms with Crippen molar-refractivity contribution in [3.8, 4) is 28.6 Å². The first-order chi connectivity index (χ1) is 20.6. The minimum Gasteiger partial charge on any atom is -0.508 e. The third-order valence-electron chi connectivity index (χ3n) is 8.21. The number of nitrogens with one attached hydrogen (secondary N) is 1. The Labute approximate surface area is 251 Å². The van der Waals surface area contributed by atoms with Crippen molar-refractivity contribution in [2.24, 2.45) is 5.73 Å². The second-order valence-corrected chi connectivity index (χ2v) is 11.8. The van der Waals surface area contributed by atoms with Gasteiger partial charge in [-0.15, -0.1) is 0 Å². The van der Waals surface area contributed by atoms with E-state index >= 15 is 0 Å². The number of primary amides is 1. The van der Waals surface area contributed by atoms with E-state index in [1.807, 2.05) is 45.0 Å². The topological polar surface area (TPSA) is 141 Å². The number of benzene rings is 3. The number of hydrogen-bond acceptors (Lipinski definition) is 7. The summed E-state index contributed by atoms with van der Waals surface area (Å²) in [5.74, 6) is 0.00810. The van der Waals surface area contributed by atoms with E-state index in [9.17, 15) is 19.8 Å². The number of rotatable bonds is 10. The molecule has 4 aromatic rings. The molecule has 0 saturated carbocycles. The Bertz CT molecular complexity index is 1620. The Morgan fingerprint density at radius 2 is 1.44 bits per heavy atom. The standard InChI is InChI=1S/C33H40N6O4/c1-21(2)27-17-28(30(41)18-29(27)40)32-35-36-33(43)39(32)26-10-6-24(7-11-26)20-38-14-12-37(13-15-38)19-23-4-8-25(9-5-23)22(3)16-31(34)42/h4-11,17-18,21-22,40-41H,12-16,19-20H2,1-3H3,(H2,34,42)(H,36,43)/t22-/m1/s1. The number of H-pyrrole nitrogens is 1. The summed E-state index contributed by atoms with van der Waals surface area (Å²) in [5, 5.41) is 27.5. The fraction of sp³-hybridized carbons (Fsp3) is 0.364. The molecular formula is C33H40N6O4. The molecule has 5 N–H and O–H groups in total. The highest BCUT2D eigenvalue weighted by Crippen LogP contribution is 2.37. The average Bonchev–Trinajstić information content (AvgIpc) is 3.35. The van der Waals surface area contributed by atoms with Crippen molar-refractivity contribution >= 4 is 5.91 Å². The van der Waals surface area contributed by atoms with E-state index in [4.69, 9.17) is 5.73 Å². The molecule has 1 aliphatic heterocycles. The van der Waals surface area contributed by atoms with Gasteiger partial charge in [-0.2, -0.15) is 5.10 Å². The molecule has 226 valence electrons. The molecule has 2 heterocycles. The van der Waals surface area contributed by atoms with E-state index in [1.54, 1.807) is 6.07 Å². The Kier molecular flexibility index (Phi) is 8.98. The van der Waals surface area contributed by atoms with E-state index in [0.717, 1.165) is 50.4 Å². The highest BCUT2D eigenvalue weighted by Gasteiger charge is 2.21. The predicted octanol–water partition coefficient (Wildman–Crippen LogP) is 4.06. The highest BCUT2D eigenvalue weighted by atomic mass is 16.3. The van der Waals surface area contributed by atoms with Crippen LogP contribution in [0.4, 0.5) is 0 Å². The lowest BCUT2D eigenvalue weighted by Crippen LogP contribution is -2.45. The van der Waals surface area contributed by atoms with Crippen LogP contribution in [0.15, 0.2) is 65.5 Å². The molecule has 0 bridgehead atoms. The Balaban J connectivity index is 1.20. The van der Waals surface area contributed by atoms with E-state index in [2.05, 4.69) is 44.3 Å². The first kappa shape index (κ1) is 30.1. The summed E-state index contributed by atoms with van der Waals surface area (Å²) in [7, 11) is 0. The maximum absolute atomic E-state index is 12.7. The van der Waals surface area contributed by atoms with E-state index < -0.39 is 5.69 Å². The van der Waals surface area contributed by atoms with Gasteiger partial charge in [-0.3, -0.25) is 14.6 Å². The van der Waals surface area contributed by atoms with Crippen LogP contribution >= 0.6 is 0 Å². The number of phenolic OH excluding ortho intramolecular Hbond substituents is 2. The summed E-state index contributed by atoms with van der Waals surface area (Å²) in [5.41, 5.74) is 10.1. The van der Waals surface area contributed by atoms with Gasteiger partial charge in [0.25, 0.3) is 0 Å². The molecule has 5 rings (SSSR count). The SMILES string of the molecule is CC(C)c1cc(-c2n[nH]c(=O)n2-c2ccc(CN3CCN(Cc4ccc([C@H](C)CC(N)=O)cc4)CC3)cc2)c(O)cc1O. The van der Waals surface area contributed by atoms with Crippen molar-refractivity contribution in [1.82, 2.24) is 24.6 Å². The minimum absolute atomic E-state index is 0.00732. The number of nitrogens with two attached hydrogens (primary N) is 1. The van der Waals surface area contributed by atoms with Crippen LogP contribution in [0.5, 0.6) is 11.5 Å². The van der Waals surface area contributed by atoms with Gasteiger partial charge in [0.1, 0.15) is 11.5 Å². The lowest BCUT2D eigenvalue weighted by atomic mass is 9.96. The zero-order valence-corrected chi connectivity index (χ0v) is 25.0. The van der Waals surface area contributed by atoms with Gasteiger partial charge in [-0.1, -0.05) is 57.2 Å². The molecule has 1 amide bonds. The third-order valence-corrected chi connectivity index (χ3v) is 8.21. The second kappa shape index (κ2) is 12.8. The molecule has 1 aliphatic rings. The number of aromatic hydroxyl groups is 2. The van der Waals surface area contributed by atoms with Gasteiger partial charge in [0.05, 0.1) is 11.3 Å². The van der Waals surface area contributed by atoms with Crippen LogP contribution in [-0.4, -0.2) is 66.9 Å². The Hall–Kier alpha value is -4.41. The van der Waals surface area contributed by atoms with Gasteiger partial charge in [0.2, 0.25) is 5.91 Å². The molecule has 0 radical (unpaired) electrons. The molecule has 1 saturated heterocycles. The number of aromatic nitrogens is 3. The molecule has 0 aliphatic carbocycles. The van der Waals surface area contributed by atoms with Crippen LogP contribution in [0, 0.1) is 0 Å². The normalized spacial score (nSPS) is 15.2. The first-order valence-electron chi connectivity index (χ1n) is 14.7. The number of amides is 1. The zero-order chi connectivity index (χ0) is 30.7. The Morgan fingerprint density at radius 3 is 1.98 bits per heavy atom. The summed E-state index contributed by atoms with van der Waals surface area (Å²) < 4.78 is 1.43.